The van der Waals surface area contributed by atoms with Gasteiger partial charge in [-0.1, -0.05) is 91.9 Å². The van der Waals surface area contributed by atoms with Gasteiger partial charge in [-0.3, -0.25) is 19.2 Å². The molecule has 3 amide bonds. The summed E-state index contributed by atoms with van der Waals surface area (Å²) in [4.78, 5) is 60.1. The molecule has 254 valence electrons. The maximum Gasteiger partial charge on any atom is 0.313 e. The summed E-state index contributed by atoms with van der Waals surface area (Å²) in [5.41, 5.74) is -0.124. The number of anilines is 1. The highest BCUT2D eigenvalue weighted by Crippen LogP contribution is 2.56. The highest BCUT2D eigenvalue weighted by molar-refractivity contribution is 6.06. The first-order valence-electron chi connectivity index (χ1n) is 17.1. The number of allylic oxidation sites excluding steroid dienone is 1. The second kappa shape index (κ2) is 13.2. The van der Waals surface area contributed by atoms with Crippen molar-refractivity contribution in [2.45, 2.75) is 69.0 Å². The number of nitrogens with one attached hydrogen (secondary N) is 1. The van der Waals surface area contributed by atoms with Crippen LogP contribution in [0.4, 0.5) is 5.69 Å². The van der Waals surface area contributed by atoms with Crippen LogP contribution in [0.15, 0.2) is 97.1 Å². The Bertz CT molecular complexity index is 1820. The zero-order chi connectivity index (χ0) is 34.3. The van der Waals surface area contributed by atoms with E-state index < -0.39 is 59.6 Å². The fourth-order valence-electron chi connectivity index (χ4n) is 8.00. The van der Waals surface area contributed by atoms with E-state index >= 15 is 4.79 Å². The molecule has 49 heavy (non-hydrogen) atoms. The van der Waals surface area contributed by atoms with Crippen molar-refractivity contribution in [3.8, 4) is 0 Å². The van der Waals surface area contributed by atoms with Crippen molar-refractivity contribution in [1.82, 2.24) is 10.2 Å². The Balaban J connectivity index is 1.35. The highest BCUT2D eigenvalue weighted by Gasteiger charge is 2.74. The number of esters is 1. The zero-order valence-electron chi connectivity index (χ0n) is 27.6. The second-order valence-corrected chi connectivity index (χ2v) is 13.3. The summed E-state index contributed by atoms with van der Waals surface area (Å²) in [5.74, 6) is -3.75. The van der Waals surface area contributed by atoms with E-state index in [1.807, 2.05) is 91.9 Å². The van der Waals surface area contributed by atoms with Crippen LogP contribution in [-0.4, -0.2) is 76.7 Å². The minimum atomic E-state index is -1.44. The number of benzene rings is 3. The van der Waals surface area contributed by atoms with Crippen molar-refractivity contribution in [2.24, 2.45) is 11.8 Å². The summed E-state index contributed by atoms with van der Waals surface area (Å²) >= 11 is 0. The number of aliphatic hydroxyl groups is 1. The molecule has 0 unspecified atom stereocenters. The summed E-state index contributed by atoms with van der Waals surface area (Å²) in [5, 5.41) is 15.5. The standard InChI is InChI=1S/C39H41N3O7/c1-3-28(23-43)42-35-37(46)41(29-18-17-25-12-9-10-15-27(25)22-29)21-11-5-8-16-31(44)40-24(2)34(26-13-6-4-7-14-26)48-38(47)32-30-19-20-39(35,49-30)33(32)36(42)45/h4-7,9-15,17-20,22,24,28,30,32-35,43H,3,8,16,21,23H2,1-2H3,(H,40,44)/b11-5-/t24-,28+,30+,32-,33-,34+,35+,39-/m1/s1. The van der Waals surface area contributed by atoms with Crippen molar-refractivity contribution in [3.05, 3.63) is 103 Å². The van der Waals surface area contributed by atoms with Gasteiger partial charge in [0.1, 0.15) is 23.7 Å². The fraction of sp³-hybridized carbons (Fsp3) is 0.385. The topological polar surface area (TPSA) is 125 Å². The molecule has 5 bridgehead atoms. The summed E-state index contributed by atoms with van der Waals surface area (Å²) < 4.78 is 12.8. The third-order valence-electron chi connectivity index (χ3n) is 10.4. The Morgan fingerprint density at radius 3 is 2.47 bits per heavy atom. The van der Waals surface area contributed by atoms with E-state index in [1.54, 1.807) is 24.0 Å². The molecule has 0 saturated carbocycles. The van der Waals surface area contributed by atoms with E-state index in [0.29, 0.717) is 24.1 Å². The van der Waals surface area contributed by atoms with Gasteiger partial charge < -0.3 is 29.7 Å². The van der Waals surface area contributed by atoms with Gasteiger partial charge in [-0.2, -0.15) is 0 Å². The summed E-state index contributed by atoms with van der Waals surface area (Å²) in [7, 11) is 0. The third kappa shape index (κ3) is 5.62. The average Bonchev–Trinajstić information content (AvgIpc) is 3.76. The van der Waals surface area contributed by atoms with Crippen molar-refractivity contribution < 1.29 is 33.8 Å². The molecule has 0 aliphatic carbocycles. The number of carbonyl (C=O) groups is 4. The van der Waals surface area contributed by atoms with Crippen LogP contribution in [0.25, 0.3) is 10.8 Å². The Hall–Kier alpha value is -4.80. The molecule has 10 nitrogen and oxygen atoms in total. The van der Waals surface area contributed by atoms with Gasteiger partial charge >= 0.3 is 5.97 Å². The molecule has 2 N–H and O–H groups in total. The third-order valence-corrected chi connectivity index (χ3v) is 10.4. The lowest BCUT2D eigenvalue weighted by Gasteiger charge is -2.38. The van der Waals surface area contributed by atoms with Gasteiger partial charge in [0.2, 0.25) is 11.8 Å². The molecule has 3 aromatic rings. The number of cyclic esters (lactones) is 1. The quantitative estimate of drug-likeness (QED) is 0.309. The highest BCUT2D eigenvalue weighted by atomic mass is 16.6. The van der Waals surface area contributed by atoms with Crippen LogP contribution in [0.1, 0.15) is 44.8 Å². The fourth-order valence-corrected chi connectivity index (χ4v) is 8.00. The molecule has 10 heteroatoms. The molecular weight excluding hydrogens is 622 g/mol. The Morgan fingerprint density at radius 2 is 1.71 bits per heavy atom. The van der Waals surface area contributed by atoms with Crippen molar-refractivity contribution >= 4 is 40.2 Å². The van der Waals surface area contributed by atoms with E-state index in [0.717, 1.165) is 10.8 Å². The van der Waals surface area contributed by atoms with Crippen LogP contribution in [0, 0.1) is 11.8 Å². The molecule has 4 aliphatic heterocycles. The molecule has 8 atom stereocenters. The lowest BCUT2D eigenvalue weighted by atomic mass is 9.74. The zero-order valence-corrected chi connectivity index (χ0v) is 27.6. The monoisotopic (exact) mass is 663 g/mol. The van der Waals surface area contributed by atoms with E-state index in [2.05, 4.69) is 5.32 Å². The maximum absolute atomic E-state index is 15.1. The van der Waals surface area contributed by atoms with E-state index in [1.165, 1.54) is 4.90 Å². The lowest BCUT2D eigenvalue weighted by molar-refractivity contribution is -0.161. The Labute approximate surface area is 285 Å². The molecule has 2 fully saturated rings. The van der Waals surface area contributed by atoms with Gasteiger partial charge in [0, 0.05) is 18.7 Å². The van der Waals surface area contributed by atoms with E-state index in [4.69, 9.17) is 9.47 Å². The smallest absolute Gasteiger partial charge is 0.313 e. The number of nitrogens with zero attached hydrogens (tertiary/aromatic N) is 2. The van der Waals surface area contributed by atoms with Crippen molar-refractivity contribution in [1.29, 1.82) is 0 Å². The predicted octanol–water partition coefficient (Wildman–Crippen LogP) is 4.23. The van der Waals surface area contributed by atoms with Crippen LogP contribution in [-0.2, 0) is 28.7 Å². The molecular formula is C39H41N3O7. The van der Waals surface area contributed by atoms with Crippen LogP contribution in [0.3, 0.4) is 0 Å². The summed E-state index contributed by atoms with van der Waals surface area (Å²) in [6.45, 7) is 3.44. The molecule has 0 aromatic heterocycles. The number of hydrogen-bond donors (Lipinski definition) is 2. The van der Waals surface area contributed by atoms with Gasteiger partial charge in [-0.05, 0) is 48.2 Å². The Kier molecular flexibility index (Phi) is 8.85. The largest absolute Gasteiger partial charge is 0.455 e. The van der Waals surface area contributed by atoms with Crippen LogP contribution >= 0.6 is 0 Å². The normalized spacial score (nSPS) is 31.5. The second-order valence-electron chi connectivity index (χ2n) is 13.3. The molecule has 3 aromatic carbocycles. The first-order chi connectivity index (χ1) is 23.8. The van der Waals surface area contributed by atoms with Gasteiger partial charge in [-0.15, -0.1) is 0 Å². The van der Waals surface area contributed by atoms with Crippen molar-refractivity contribution in [3.63, 3.8) is 0 Å². The number of hydrogen-bond acceptors (Lipinski definition) is 7. The SMILES string of the molecule is CC[C@@H](CO)N1C(=O)[C@H]2[C@@H]3C(=O)O[C@H](c4ccccc4)[C@@H](C)NC(=O)CC/C=C\CN(c4ccc5ccccc5c4)C(=O)[C@H]1[C@@]21C=C[C@@H]3O1. The Morgan fingerprint density at radius 1 is 0.959 bits per heavy atom. The number of likely N-dealkylation sites (tertiary alicyclic amines) is 1. The lowest BCUT2D eigenvalue weighted by Crippen LogP contribution is -2.58. The van der Waals surface area contributed by atoms with Crippen LogP contribution in [0.5, 0.6) is 0 Å². The molecule has 4 heterocycles. The maximum atomic E-state index is 15.1. The summed E-state index contributed by atoms with van der Waals surface area (Å²) in [6.07, 6.45) is 6.62. The van der Waals surface area contributed by atoms with Gasteiger partial charge in [0.25, 0.3) is 5.91 Å². The van der Waals surface area contributed by atoms with Crippen molar-refractivity contribution in [2.75, 3.05) is 18.1 Å². The number of ether oxygens (including phenoxy) is 2. The number of aliphatic hydroxyl groups excluding tert-OH is 1. The summed E-state index contributed by atoms with van der Waals surface area (Å²) in [6, 6.07) is 20.4. The van der Waals surface area contributed by atoms with Crippen LogP contribution in [0.2, 0.25) is 0 Å². The predicted molar refractivity (Wildman–Crippen MR) is 183 cm³/mol. The number of amides is 3. The number of rotatable bonds is 5. The first kappa shape index (κ1) is 32.7. The molecule has 7 rings (SSSR count). The molecule has 1 spiro atoms. The molecule has 0 radical (unpaired) electrons. The van der Waals surface area contributed by atoms with Gasteiger partial charge in [0.05, 0.1) is 30.7 Å². The van der Waals surface area contributed by atoms with Gasteiger partial charge in [-0.25, -0.2) is 0 Å². The molecule has 4 aliphatic rings. The minimum absolute atomic E-state index is 0.166. The average molecular weight is 664 g/mol. The number of carbonyl (C=O) groups excluding carboxylic acids is 4. The minimum Gasteiger partial charge on any atom is -0.455 e. The first-order valence-corrected chi connectivity index (χ1v) is 17.1. The van der Waals surface area contributed by atoms with E-state index in [9.17, 15) is 19.5 Å². The van der Waals surface area contributed by atoms with Gasteiger partial charge in [0.15, 0.2) is 0 Å². The van der Waals surface area contributed by atoms with Crippen LogP contribution < -0.4 is 10.2 Å². The van der Waals surface area contributed by atoms with E-state index in [-0.39, 0.29) is 31.4 Å². The number of fused-ring (bicyclic) bond motifs is 3. The molecule has 2 saturated heterocycles.